The molecule has 2 N–H and O–H groups in total. The fourth-order valence-electron chi connectivity index (χ4n) is 1.79. The SMILES string of the molecule is Cc1nc(C(N)CN2CCCC2)no1. The number of nitrogens with zero attached hydrogens (tertiary/aromatic N) is 3. The van der Waals surface area contributed by atoms with Crippen molar-refractivity contribution in [3.8, 4) is 0 Å². The molecule has 2 heterocycles. The van der Waals surface area contributed by atoms with Gasteiger partial charge in [0.1, 0.15) is 0 Å². The fraction of sp³-hybridized carbons (Fsp3) is 0.778. The Hall–Kier alpha value is -0.940. The minimum atomic E-state index is -0.120. The Morgan fingerprint density at radius 2 is 2.21 bits per heavy atom. The van der Waals surface area contributed by atoms with Gasteiger partial charge in [-0.2, -0.15) is 4.98 Å². The van der Waals surface area contributed by atoms with Crippen molar-refractivity contribution in [2.45, 2.75) is 25.8 Å². The van der Waals surface area contributed by atoms with Crippen molar-refractivity contribution in [2.24, 2.45) is 5.73 Å². The topological polar surface area (TPSA) is 68.2 Å². The molecule has 5 heteroatoms. The highest BCUT2D eigenvalue weighted by Gasteiger charge is 2.19. The number of rotatable bonds is 3. The lowest BCUT2D eigenvalue weighted by Crippen LogP contribution is -2.30. The first kappa shape index (κ1) is 9.61. The van der Waals surface area contributed by atoms with Crippen LogP contribution in [0.2, 0.25) is 0 Å². The molecule has 1 aliphatic rings. The lowest BCUT2D eigenvalue weighted by Gasteiger charge is -2.17. The Morgan fingerprint density at radius 3 is 2.79 bits per heavy atom. The van der Waals surface area contributed by atoms with Gasteiger partial charge in [-0.1, -0.05) is 5.16 Å². The van der Waals surface area contributed by atoms with E-state index in [1.807, 2.05) is 0 Å². The summed E-state index contributed by atoms with van der Waals surface area (Å²) in [5.41, 5.74) is 5.96. The van der Waals surface area contributed by atoms with E-state index in [-0.39, 0.29) is 6.04 Å². The minimum Gasteiger partial charge on any atom is -0.340 e. The van der Waals surface area contributed by atoms with E-state index in [4.69, 9.17) is 10.3 Å². The molecule has 5 nitrogen and oxygen atoms in total. The summed E-state index contributed by atoms with van der Waals surface area (Å²) in [7, 11) is 0. The summed E-state index contributed by atoms with van der Waals surface area (Å²) in [5, 5.41) is 3.82. The van der Waals surface area contributed by atoms with E-state index in [9.17, 15) is 0 Å². The Bertz CT molecular complexity index is 293. The highest BCUT2D eigenvalue weighted by Crippen LogP contribution is 2.13. The van der Waals surface area contributed by atoms with E-state index in [0.29, 0.717) is 11.7 Å². The van der Waals surface area contributed by atoms with Gasteiger partial charge < -0.3 is 15.2 Å². The average molecular weight is 196 g/mol. The lowest BCUT2D eigenvalue weighted by molar-refractivity contribution is 0.305. The Kier molecular flexibility index (Phi) is 2.79. The van der Waals surface area contributed by atoms with Crippen LogP contribution in [0.3, 0.4) is 0 Å². The van der Waals surface area contributed by atoms with Crippen LogP contribution in [0.25, 0.3) is 0 Å². The largest absolute Gasteiger partial charge is 0.340 e. The van der Waals surface area contributed by atoms with E-state index in [2.05, 4.69) is 15.0 Å². The number of hydrogen-bond donors (Lipinski definition) is 1. The molecule has 1 unspecified atom stereocenters. The number of hydrogen-bond acceptors (Lipinski definition) is 5. The molecule has 1 aromatic rings. The maximum absolute atomic E-state index is 5.96. The molecular weight excluding hydrogens is 180 g/mol. The molecule has 1 aliphatic heterocycles. The van der Waals surface area contributed by atoms with Gasteiger partial charge in [-0.3, -0.25) is 0 Å². The van der Waals surface area contributed by atoms with Gasteiger partial charge in [-0.15, -0.1) is 0 Å². The predicted octanol–water partition coefficient (Wildman–Crippen LogP) is 0.474. The maximum Gasteiger partial charge on any atom is 0.223 e. The third kappa shape index (κ3) is 2.10. The lowest BCUT2D eigenvalue weighted by atomic mass is 10.3. The number of aryl methyl sites for hydroxylation is 1. The summed E-state index contributed by atoms with van der Waals surface area (Å²) >= 11 is 0. The van der Waals surface area contributed by atoms with Gasteiger partial charge in [-0.25, -0.2) is 0 Å². The zero-order chi connectivity index (χ0) is 9.97. The Morgan fingerprint density at radius 1 is 1.50 bits per heavy atom. The molecule has 1 atom stereocenters. The van der Waals surface area contributed by atoms with Gasteiger partial charge in [0.25, 0.3) is 0 Å². The number of aromatic nitrogens is 2. The van der Waals surface area contributed by atoms with Gasteiger partial charge in [0.15, 0.2) is 5.82 Å². The number of likely N-dealkylation sites (tertiary alicyclic amines) is 1. The highest BCUT2D eigenvalue weighted by atomic mass is 16.5. The third-order valence-corrected chi connectivity index (χ3v) is 2.53. The summed E-state index contributed by atoms with van der Waals surface area (Å²) < 4.78 is 4.89. The van der Waals surface area contributed by atoms with Gasteiger partial charge in [-0.05, 0) is 25.9 Å². The molecule has 0 spiro atoms. The second-order valence-electron chi connectivity index (χ2n) is 3.79. The van der Waals surface area contributed by atoms with E-state index in [1.54, 1.807) is 6.92 Å². The summed E-state index contributed by atoms with van der Waals surface area (Å²) in [6.45, 7) is 4.90. The van der Waals surface area contributed by atoms with E-state index in [0.717, 1.165) is 19.6 Å². The predicted molar refractivity (Wildman–Crippen MR) is 51.6 cm³/mol. The van der Waals surface area contributed by atoms with Gasteiger partial charge >= 0.3 is 0 Å². The van der Waals surface area contributed by atoms with Crippen LogP contribution in [0.1, 0.15) is 30.6 Å². The van der Waals surface area contributed by atoms with Crippen molar-refractivity contribution >= 4 is 0 Å². The fourth-order valence-corrected chi connectivity index (χ4v) is 1.79. The van der Waals surface area contributed by atoms with Crippen LogP contribution >= 0.6 is 0 Å². The minimum absolute atomic E-state index is 0.120. The third-order valence-electron chi connectivity index (χ3n) is 2.53. The maximum atomic E-state index is 5.96. The van der Waals surface area contributed by atoms with Crippen molar-refractivity contribution in [2.75, 3.05) is 19.6 Å². The normalized spacial score (nSPS) is 20.1. The van der Waals surface area contributed by atoms with Gasteiger partial charge in [0.2, 0.25) is 5.89 Å². The first-order chi connectivity index (χ1) is 6.75. The molecule has 1 aromatic heterocycles. The van der Waals surface area contributed by atoms with Crippen LogP contribution in [-0.2, 0) is 0 Å². The molecule has 0 aromatic carbocycles. The van der Waals surface area contributed by atoms with E-state index in [1.165, 1.54) is 12.8 Å². The monoisotopic (exact) mass is 196 g/mol. The second-order valence-corrected chi connectivity index (χ2v) is 3.79. The summed E-state index contributed by atoms with van der Waals surface area (Å²) in [5.74, 6) is 1.20. The van der Waals surface area contributed by atoms with Crippen LogP contribution in [0, 0.1) is 6.92 Å². The molecule has 2 rings (SSSR count). The summed E-state index contributed by atoms with van der Waals surface area (Å²) in [4.78, 5) is 6.47. The summed E-state index contributed by atoms with van der Waals surface area (Å²) in [6.07, 6.45) is 2.55. The molecule has 14 heavy (non-hydrogen) atoms. The molecule has 1 saturated heterocycles. The van der Waals surface area contributed by atoms with Crippen LogP contribution in [0.4, 0.5) is 0 Å². The van der Waals surface area contributed by atoms with Crippen molar-refractivity contribution < 1.29 is 4.52 Å². The van der Waals surface area contributed by atoms with E-state index < -0.39 is 0 Å². The van der Waals surface area contributed by atoms with Crippen molar-refractivity contribution in [1.29, 1.82) is 0 Å². The molecule has 78 valence electrons. The van der Waals surface area contributed by atoms with Crippen LogP contribution in [0.15, 0.2) is 4.52 Å². The summed E-state index contributed by atoms with van der Waals surface area (Å²) in [6, 6.07) is -0.120. The van der Waals surface area contributed by atoms with Crippen LogP contribution in [-0.4, -0.2) is 34.7 Å². The Balaban J connectivity index is 1.91. The molecule has 0 radical (unpaired) electrons. The Labute approximate surface area is 83.3 Å². The van der Waals surface area contributed by atoms with Gasteiger partial charge in [0.05, 0.1) is 6.04 Å². The second kappa shape index (κ2) is 4.06. The smallest absolute Gasteiger partial charge is 0.223 e. The van der Waals surface area contributed by atoms with Crippen LogP contribution < -0.4 is 5.73 Å². The number of nitrogens with two attached hydrogens (primary N) is 1. The molecule has 0 bridgehead atoms. The van der Waals surface area contributed by atoms with Gasteiger partial charge in [0, 0.05) is 13.5 Å². The highest BCUT2D eigenvalue weighted by molar-refractivity contribution is 4.93. The quantitative estimate of drug-likeness (QED) is 0.761. The standard InChI is InChI=1S/C9H16N4O/c1-7-11-9(12-14-7)8(10)6-13-4-2-3-5-13/h8H,2-6,10H2,1H3. The first-order valence-electron chi connectivity index (χ1n) is 5.04. The van der Waals surface area contributed by atoms with Crippen molar-refractivity contribution in [3.05, 3.63) is 11.7 Å². The molecule has 0 saturated carbocycles. The molecule has 1 fully saturated rings. The molecular formula is C9H16N4O. The average Bonchev–Trinajstić information content (AvgIpc) is 2.75. The first-order valence-corrected chi connectivity index (χ1v) is 5.04. The van der Waals surface area contributed by atoms with Crippen molar-refractivity contribution in [1.82, 2.24) is 15.0 Å². The van der Waals surface area contributed by atoms with E-state index >= 15 is 0 Å². The molecule has 0 amide bonds. The van der Waals surface area contributed by atoms with Crippen molar-refractivity contribution in [3.63, 3.8) is 0 Å². The van der Waals surface area contributed by atoms with Crippen LogP contribution in [0.5, 0.6) is 0 Å². The molecule has 0 aliphatic carbocycles. The zero-order valence-electron chi connectivity index (χ0n) is 8.44. The zero-order valence-corrected chi connectivity index (χ0v) is 8.44.